The number of methoxy groups -OCH3 is 1. The predicted molar refractivity (Wildman–Crippen MR) is 120 cm³/mol. The van der Waals surface area contributed by atoms with Crippen molar-refractivity contribution in [2.75, 3.05) is 46.4 Å². The number of hydrogen-bond acceptors (Lipinski definition) is 6. The van der Waals surface area contributed by atoms with Crippen LogP contribution in [0, 0.1) is 11.8 Å². The van der Waals surface area contributed by atoms with Gasteiger partial charge in [-0.3, -0.25) is 14.4 Å². The summed E-state index contributed by atoms with van der Waals surface area (Å²) >= 11 is 0. The summed E-state index contributed by atoms with van der Waals surface area (Å²) in [5.74, 6) is -1.65. The average Bonchev–Trinajstić information content (AvgIpc) is 2.79. The highest BCUT2D eigenvalue weighted by molar-refractivity contribution is 5.86. The molecule has 0 spiro atoms. The third-order valence-corrected chi connectivity index (χ3v) is 6.02. The fourth-order valence-electron chi connectivity index (χ4n) is 4.08. The van der Waals surface area contributed by atoms with E-state index in [1.807, 2.05) is 0 Å². The van der Waals surface area contributed by atoms with Crippen LogP contribution >= 0.6 is 12.4 Å². The largest absolute Gasteiger partial charge is 0.480 e. The van der Waals surface area contributed by atoms with Crippen LogP contribution in [0.3, 0.4) is 0 Å². The van der Waals surface area contributed by atoms with E-state index < -0.39 is 17.9 Å². The van der Waals surface area contributed by atoms with Gasteiger partial charge in [0.05, 0.1) is 12.5 Å². The third-order valence-electron chi connectivity index (χ3n) is 6.02. The quantitative estimate of drug-likeness (QED) is 0.333. The Morgan fingerprint density at radius 1 is 1.16 bits per heavy atom. The third kappa shape index (κ3) is 9.70. The summed E-state index contributed by atoms with van der Waals surface area (Å²) in [5.41, 5.74) is 0. The van der Waals surface area contributed by atoms with Gasteiger partial charge >= 0.3 is 5.97 Å². The molecular formula is C21H37ClN4O6. The summed E-state index contributed by atoms with van der Waals surface area (Å²) in [6.07, 6.45) is 5.04. The molecule has 2 heterocycles. The first-order valence-electron chi connectivity index (χ1n) is 11.2. The molecule has 0 aliphatic carbocycles. The Morgan fingerprint density at radius 3 is 2.53 bits per heavy atom. The first kappa shape index (κ1) is 28.1. The Morgan fingerprint density at radius 2 is 1.88 bits per heavy atom. The van der Waals surface area contributed by atoms with Crippen molar-refractivity contribution in [1.29, 1.82) is 0 Å². The number of ether oxygens (including phenoxy) is 1. The van der Waals surface area contributed by atoms with Crippen LogP contribution in [0.5, 0.6) is 0 Å². The maximum atomic E-state index is 12.6. The van der Waals surface area contributed by atoms with Gasteiger partial charge in [0, 0.05) is 39.6 Å². The van der Waals surface area contributed by atoms with Crippen molar-refractivity contribution in [3.63, 3.8) is 0 Å². The Hall–Kier alpha value is -1.91. The molecule has 2 saturated heterocycles. The number of carbonyl (C=O) groups excluding carboxylic acids is 3. The second-order valence-corrected chi connectivity index (χ2v) is 8.36. The van der Waals surface area contributed by atoms with E-state index in [1.165, 1.54) is 7.11 Å². The normalized spacial score (nSPS) is 20.0. The molecule has 184 valence electrons. The van der Waals surface area contributed by atoms with Crippen molar-refractivity contribution in [3.8, 4) is 0 Å². The van der Waals surface area contributed by atoms with Crippen molar-refractivity contribution in [2.45, 2.75) is 51.0 Å². The van der Waals surface area contributed by atoms with Gasteiger partial charge in [0.25, 0.3) is 0 Å². The zero-order chi connectivity index (χ0) is 22.6. The molecular weight excluding hydrogens is 440 g/mol. The highest BCUT2D eigenvalue weighted by Crippen LogP contribution is 2.21. The number of nitrogens with zero attached hydrogens (tertiary/aromatic N) is 1. The summed E-state index contributed by atoms with van der Waals surface area (Å²) in [6.45, 7) is 3.02. The fourth-order valence-corrected chi connectivity index (χ4v) is 4.08. The lowest BCUT2D eigenvalue weighted by Crippen LogP contribution is -2.51. The van der Waals surface area contributed by atoms with Gasteiger partial charge in [0.15, 0.2) is 0 Å². The van der Waals surface area contributed by atoms with Crippen molar-refractivity contribution in [1.82, 2.24) is 20.9 Å². The van der Waals surface area contributed by atoms with E-state index in [1.54, 1.807) is 4.90 Å². The van der Waals surface area contributed by atoms with Gasteiger partial charge in [0.2, 0.25) is 17.7 Å². The van der Waals surface area contributed by atoms with Gasteiger partial charge in [-0.25, -0.2) is 4.79 Å². The van der Waals surface area contributed by atoms with E-state index >= 15 is 0 Å². The second kappa shape index (κ2) is 15.0. The predicted octanol–water partition coefficient (Wildman–Crippen LogP) is 0.149. The lowest BCUT2D eigenvalue weighted by atomic mass is 9.92. The van der Waals surface area contributed by atoms with Crippen LogP contribution in [0.15, 0.2) is 0 Å². The van der Waals surface area contributed by atoms with Crippen LogP contribution in [-0.4, -0.2) is 86.2 Å². The number of carboxylic acids is 1. The van der Waals surface area contributed by atoms with E-state index in [-0.39, 0.29) is 49.7 Å². The number of halogens is 1. The van der Waals surface area contributed by atoms with E-state index in [9.17, 15) is 24.3 Å². The molecule has 2 fully saturated rings. The minimum absolute atomic E-state index is 0. The summed E-state index contributed by atoms with van der Waals surface area (Å²) in [7, 11) is 1.45. The van der Waals surface area contributed by atoms with E-state index in [4.69, 9.17) is 4.74 Å². The van der Waals surface area contributed by atoms with Crippen LogP contribution in [-0.2, 0) is 23.9 Å². The molecule has 10 nitrogen and oxygen atoms in total. The van der Waals surface area contributed by atoms with Crippen LogP contribution < -0.4 is 16.0 Å². The van der Waals surface area contributed by atoms with Crippen LogP contribution in [0.25, 0.3) is 0 Å². The Balaban J connectivity index is 0.00000512. The van der Waals surface area contributed by atoms with Crippen LogP contribution in [0.2, 0.25) is 0 Å². The van der Waals surface area contributed by atoms with Crippen molar-refractivity contribution in [2.24, 2.45) is 11.8 Å². The lowest BCUT2D eigenvalue weighted by molar-refractivity contribution is -0.142. The number of carbonyl (C=O) groups is 4. The molecule has 1 unspecified atom stereocenters. The summed E-state index contributed by atoms with van der Waals surface area (Å²) < 4.78 is 4.80. The maximum absolute atomic E-state index is 12.6. The number of piperidine rings is 2. The molecule has 32 heavy (non-hydrogen) atoms. The van der Waals surface area contributed by atoms with E-state index in [2.05, 4.69) is 16.0 Å². The summed E-state index contributed by atoms with van der Waals surface area (Å²) in [5, 5.41) is 17.6. The minimum atomic E-state index is -1.22. The smallest absolute Gasteiger partial charge is 0.328 e. The van der Waals surface area contributed by atoms with Gasteiger partial charge in [-0.05, 0) is 51.1 Å². The second-order valence-electron chi connectivity index (χ2n) is 8.36. The molecule has 0 aromatic rings. The SMILES string of the molecule is COCCC(=O)NC(CNC(=O)[C@@H]1CCCN(C(=O)CCC2CCNCC2)C1)C(=O)O.Cl. The van der Waals surface area contributed by atoms with Gasteiger partial charge in [0.1, 0.15) is 6.04 Å². The number of aliphatic carboxylic acids is 1. The summed E-state index contributed by atoms with van der Waals surface area (Å²) in [4.78, 5) is 50.1. The number of nitrogens with one attached hydrogen (secondary N) is 3. The highest BCUT2D eigenvalue weighted by atomic mass is 35.5. The van der Waals surface area contributed by atoms with Crippen LogP contribution in [0.4, 0.5) is 0 Å². The molecule has 0 saturated carbocycles. The zero-order valence-corrected chi connectivity index (χ0v) is 19.6. The monoisotopic (exact) mass is 476 g/mol. The van der Waals surface area contributed by atoms with Gasteiger partial charge in [-0.1, -0.05) is 0 Å². The molecule has 4 N–H and O–H groups in total. The zero-order valence-electron chi connectivity index (χ0n) is 18.8. The molecule has 0 radical (unpaired) electrons. The topological polar surface area (TPSA) is 137 Å². The Bertz CT molecular complexity index is 629. The molecule has 0 bridgehead atoms. The Kier molecular flexibility index (Phi) is 13.2. The minimum Gasteiger partial charge on any atom is -0.480 e. The number of rotatable bonds is 11. The molecule has 0 aromatic carbocycles. The maximum Gasteiger partial charge on any atom is 0.328 e. The number of likely N-dealkylation sites (tertiary alicyclic amines) is 1. The fraction of sp³-hybridized carbons (Fsp3) is 0.810. The van der Waals surface area contributed by atoms with E-state index in [0.717, 1.165) is 38.8 Å². The standard InChI is InChI=1S/C21H36N4O6.ClH/c1-31-12-8-18(26)24-17(21(29)30)13-23-20(28)16-3-2-11-25(14-16)19(27)5-4-15-6-9-22-10-7-15;/h15-17,22H,2-14H2,1H3,(H,23,28)(H,24,26)(H,29,30);1H/t16-,17?;/m1./s1. The van der Waals surface area contributed by atoms with Gasteiger partial charge in [-0.2, -0.15) is 0 Å². The van der Waals surface area contributed by atoms with Crippen molar-refractivity contribution < 1.29 is 29.0 Å². The van der Waals surface area contributed by atoms with Gasteiger partial charge < -0.3 is 30.7 Å². The molecule has 2 atom stereocenters. The van der Waals surface area contributed by atoms with E-state index in [0.29, 0.717) is 31.8 Å². The average molecular weight is 477 g/mol. The molecule has 2 aliphatic rings. The first-order valence-corrected chi connectivity index (χ1v) is 11.2. The number of hydrogen-bond donors (Lipinski definition) is 4. The van der Waals surface area contributed by atoms with Crippen molar-refractivity contribution >= 4 is 36.1 Å². The van der Waals surface area contributed by atoms with Crippen molar-refractivity contribution in [3.05, 3.63) is 0 Å². The summed E-state index contributed by atoms with van der Waals surface area (Å²) in [6, 6.07) is -1.21. The molecule has 11 heteroatoms. The molecule has 3 amide bonds. The number of carboxylic acid groups (broad SMARTS) is 1. The number of amides is 3. The lowest BCUT2D eigenvalue weighted by Gasteiger charge is -2.33. The first-order chi connectivity index (χ1) is 14.9. The Labute approximate surface area is 195 Å². The molecule has 2 aliphatic heterocycles. The highest BCUT2D eigenvalue weighted by Gasteiger charge is 2.30. The molecule has 2 rings (SSSR count). The molecule has 0 aromatic heterocycles. The van der Waals surface area contributed by atoms with Gasteiger partial charge in [-0.15, -0.1) is 12.4 Å². The van der Waals surface area contributed by atoms with Crippen LogP contribution in [0.1, 0.15) is 44.9 Å².